The standard InChI is InChI=1S/C23H34N4O4/c1-15(2)20(14-24)26-7-9-27(10-8-26)23(29)21(16(3)4)25-22(28)17-11-18(30-5)13-19(12-17)31-6/h11-13,15-16,20-21H,7-10H2,1-6H3,(H,25,28). The van der Waals surface area contributed by atoms with E-state index in [-0.39, 0.29) is 29.7 Å². The molecule has 0 bridgehead atoms. The van der Waals surface area contributed by atoms with E-state index < -0.39 is 6.04 Å². The second-order valence-corrected chi connectivity index (χ2v) is 8.48. The summed E-state index contributed by atoms with van der Waals surface area (Å²) in [4.78, 5) is 30.0. The summed E-state index contributed by atoms with van der Waals surface area (Å²) in [6.07, 6.45) is 0. The molecule has 2 rings (SSSR count). The Morgan fingerprint density at radius 3 is 1.94 bits per heavy atom. The number of rotatable bonds is 8. The number of nitrogens with one attached hydrogen (secondary N) is 1. The summed E-state index contributed by atoms with van der Waals surface area (Å²) in [5.74, 6) is 0.706. The van der Waals surface area contributed by atoms with Gasteiger partial charge < -0.3 is 19.7 Å². The van der Waals surface area contributed by atoms with Gasteiger partial charge in [-0.3, -0.25) is 14.5 Å². The Bertz CT molecular complexity index is 788. The first-order chi connectivity index (χ1) is 14.7. The molecule has 0 saturated carbocycles. The normalized spacial score (nSPS) is 16.5. The fourth-order valence-corrected chi connectivity index (χ4v) is 3.75. The average molecular weight is 431 g/mol. The number of amides is 2. The maximum Gasteiger partial charge on any atom is 0.252 e. The van der Waals surface area contributed by atoms with Gasteiger partial charge in [-0.25, -0.2) is 0 Å². The van der Waals surface area contributed by atoms with Crippen LogP contribution in [0.3, 0.4) is 0 Å². The van der Waals surface area contributed by atoms with Gasteiger partial charge in [0.25, 0.3) is 5.91 Å². The van der Waals surface area contributed by atoms with Crippen LogP contribution in [0.1, 0.15) is 38.1 Å². The summed E-state index contributed by atoms with van der Waals surface area (Å²) in [6, 6.07) is 6.49. The van der Waals surface area contributed by atoms with Crippen LogP contribution < -0.4 is 14.8 Å². The number of benzene rings is 1. The van der Waals surface area contributed by atoms with Crippen molar-refractivity contribution in [1.29, 1.82) is 5.26 Å². The quantitative estimate of drug-likeness (QED) is 0.679. The highest BCUT2D eigenvalue weighted by molar-refractivity contribution is 5.98. The summed E-state index contributed by atoms with van der Waals surface area (Å²) >= 11 is 0. The van der Waals surface area contributed by atoms with Gasteiger partial charge >= 0.3 is 0 Å². The average Bonchev–Trinajstić information content (AvgIpc) is 2.76. The van der Waals surface area contributed by atoms with Crippen LogP contribution in [0.4, 0.5) is 0 Å². The predicted octanol–water partition coefficient (Wildman–Crippen LogP) is 2.15. The molecular formula is C23H34N4O4. The molecule has 8 nitrogen and oxygen atoms in total. The summed E-state index contributed by atoms with van der Waals surface area (Å²) in [5.41, 5.74) is 0.369. The Hall–Kier alpha value is -2.79. The van der Waals surface area contributed by atoms with Gasteiger partial charge in [0.1, 0.15) is 23.6 Å². The van der Waals surface area contributed by atoms with Crippen molar-refractivity contribution in [1.82, 2.24) is 15.1 Å². The molecule has 170 valence electrons. The summed E-state index contributed by atoms with van der Waals surface area (Å²) in [5, 5.41) is 12.3. The summed E-state index contributed by atoms with van der Waals surface area (Å²) in [6.45, 7) is 10.3. The lowest BCUT2D eigenvalue weighted by Gasteiger charge is -2.39. The second-order valence-electron chi connectivity index (χ2n) is 8.48. The number of hydrogen-bond acceptors (Lipinski definition) is 6. The van der Waals surface area contributed by atoms with E-state index in [0.29, 0.717) is 43.2 Å². The first-order valence-corrected chi connectivity index (χ1v) is 10.7. The highest BCUT2D eigenvalue weighted by atomic mass is 16.5. The van der Waals surface area contributed by atoms with Gasteiger partial charge in [0.2, 0.25) is 5.91 Å². The molecule has 1 saturated heterocycles. The molecule has 2 unspecified atom stereocenters. The van der Waals surface area contributed by atoms with Crippen LogP contribution in [-0.4, -0.2) is 74.1 Å². The van der Waals surface area contributed by atoms with Crippen molar-refractivity contribution in [2.75, 3.05) is 40.4 Å². The number of nitrogens with zero attached hydrogens (tertiary/aromatic N) is 3. The van der Waals surface area contributed by atoms with Crippen molar-refractivity contribution in [3.05, 3.63) is 23.8 Å². The number of methoxy groups -OCH3 is 2. The molecule has 1 aromatic carbocycles. The topological polar surface area (TPSA) is 94.9 Å². The third kappa shape index (κ3) is 6.11. The smallest absolute Gasteiger partial charge is 0.252 e. The van der Waals surface area contributed by atoms with E-state index in [2.05, 4.69) is 16.3 Å². The lowest BCUT2D eigenvalue weighted by Crippen LogP contribution is -2.58. The molecule has 0 aliphatic carbocycles. The van der Waals surface area contributed by atoms with E-state index in [0.717, 1.165) is 0 Å². The van der Waals surface area contributed by atoms with Gasteiger partial charge in [-0.15, -0.1) is 0 Å². The maximum absolute atomic E-state index is 13.2. The number of hydrogen-bond donors (Lipinski definition) is 1. The minimum Gasteiger partial charge on any atom is -0.497 e. The zero-order valence-corrected chi connectivity index (χ0v) is 19.3. The first kappa shape index (κ1) is 24.5. The number of carbonyl (C=O) groups excluding carboxylic acids is 2. The molecule has 31 heavy (non-hydrogen) atoms. The fraction of sp³-hybridized carbons (Fsp3) is 0.609. The minimum absolute atomic E-state index is 0.0792. The van der Waals surface area contributed by atoms with Crippen LogP contribution in [0.25, 0.3) is 0 Å². The third-order valence-electron chi connectivity index (χ3n) is 5.62. The van der Waals surface area contributed by atoms with Crippen molar-refractivity contribution in [2.24, 2.45) is 11.8 Å². The maximum atomic E-state index is 13.2. The molecule has 0 radical (unpaired) electrons. The Kier molecular flexibility index (Phi) is 8.69. The lowest BCUT2D eigenvalue weighted by molar-refractivity contribution is -0.136. The summed E-state index contributed by atoms with van der Waals surface area (Å²) in [7, 11) is 3.04. The monoisotopic (exact) mass is 430 g/mol. The van der Waals surface area contributed by atoms with Gasteiger partial charge in [-0.05, 0) is 24.0 Å². The van der Waals surface area contributed by atoms with E-state index in [4.69, 9.17) is 9.47 Å². The first-order valence-electron chi connectivity index (χ1n) is 10.7. The largest absolute Gasteiger partial charge is 0.497 e. The van der Waals surface area contributed by atoms with Gasteiger partial charge in [-0.1, -0.05) is 27.7 Å². The molecule has 1 aliphatic rings. The van der Waals surface area contributed by atoms with E-state index in [1.54, 1.807) is 23.1 Å². The van der Waals surface area contributed by atoms with Crippen LogP contribution in [0, 0.1) is 23.2 Å². The van der Waals surface area contributed by atoms with Gasteiger partial charge in [0.15, 0.2) is 0 Å². The van der Waals surface area contributed by atoms with Gasteiger partial charge in [0.05, 0.1) is 20.3 Å². The van der Waals surface area contributed by atoms with Crippen LogP contribution in [0.2, 0.25) is 0 Å². The lowest BCUT2D eigenvalue weighted by atomic mass is 10.0. The minimum atomic E-state index is -0.645. The summed E-state index contributed by atoms with van der Waals surface area (Å²) < 4.78 is 10.5. The molecule has 1 N–H and O–H groups in total. The predicted molar refractivity (Wildman–Crippen MR) is 118 cm³/mol. The van der Waals surface area contributed by atoms with E-state index in [9.17, 15) is 14.9 Å². The Balaban J connectivity index is 2.08. The molecule has 1 aromatic rings. The fourth-order valence-electron chi connectivity index (χ4n) is 3.75. The zero-order chi connectivity index (χ0) is 23.1. The van der Waals surface area contributed by atoms with Crippen molar-refractivity contribution in [3.63, 3.8) is 0 Å². The van der Waals surface area contributed by atoms with Crippen LogP contribution in [-0.2, 0) is 4.79 Å². The third-order valence-corrected chi connectivity index (χ3v) is 5.62. The van der Waals surface area contributed by atoms with E-state index in [1.807, 2.05) is 27.7 Å². The molecule has 8 heteroatoms. The van der Waals surface area contributed by atoms with E-state index in [1.165, 1.54) is 14.2 Å². The van der Waals surface area contributed by atoms with Crippen LogP contribution >= 0.6 is 0 Å². The van der Waals surface area contributed by atoms with E-state index >= 15 is 0 Å². The molecule has 2 amide bonds. The molecule has 1 heterocycles. The zero-order valence-electron chi connectivity index (χ0n) is 19.3. The van der Waals surface area contributed by atoms with Crippen LogP contribution in [0.15, 0.2) is 18.2 Å². The molecule has 0 spiro atoms. The van der Waals surface area contributed by atoms with Crippen molar-refractivity contribution >= 4 is 11.8 Å². The van der Waals surface area contributed by atoms with Gasteiger partial charge in [0, 0.05) is 37.8 Å². The van der Waals surface area contributed by atoms with Crippen molar-refractivity contribution in [3.8, 4) is 17.6 Å². The second kappa shape index (κ2) is 11.0. The highest BCUT2D eigenvalue weighted by Crippen LogP contribution is 2.23. The Labute approximate surface area is 185 Å². The van der Waals surface area contributed by atoms with Gasteiger partial charge in [-0.2, -0.15) is 5.26 Å². The number of ether oxygens (including phenoxy) is 2. The molecular weight excluding hydrogens is 396 g/mol. The molecule has 1 aliphatic heterocycles. The van der Waals surface area contributed by atoms with Crippen molar-refractivity contribution in [2.45, 2.75) is 39.8 Å². The molecule has 2 atom stereocenters. The molecule has 1 fully saturated rings. The number of piperazine rings is 1. The number of nitriles is 1. The van der Waals surface area contributed by atoms with Crippen LogP contribution in [0.5, 0.6) is 11.5 Å². The Morgan fingerprint density at radius 2 is 1.52 bits per heavy atom. The highest BCUT2D eigenvalue weighted by Gasteiger charge is 2.33. The molecule has 0 aromatic heterocycles. The SMILES string of the molecule is COc1cc(OC)cc(C(=O)NC(C(=O)N2CCN(C(C#N)C(C)C)CC2)C(C)C)c1. The Morgan fingerprint density at radius 1 is 0.968 bits per heavy atom. The number of carbonyl (C=O) groups is 2. The van der Waals surface area contributed by atoms with Crippen molar-refractivity contribution < 1.29 is 19.1 Å².